The average molecular weight is 197 g/mol. The van der Waals surface area contributed by atoms with Gasteiger partial charge in [0, 0.05) is 19.3 Å². The van der Waals surface area contributed by atoms with Crippen LogP contribution in [0.4, 0.5) is 16.2 Å². The molecule has 0 aliphatic carbocycles. The Morgan fingerprint density at radius 2 is 2.29 bits per heavy atom. The summed E-state index contributed by atoms with van der Waals surface area (Å²) in [5.74, 6) is -1.24. The molecule has 1 rings (SSSR count). The summed E-state index contributed by atoms with van der Waals surface area (Å²) in [5, 5.41) is 2.47. The van der Waals surface area contributed by atoms with Crippen molar-refractivity contribution in [3.63, 3.8) is 0 Å². The van der Waals surface area contributed by atoms with Crippen LogP contribution in [-0.4, -0.2) is 35.3 Å². The highest BCUT2D eigenvalue weighted by molar-refractivity contribution is 5.59. The van der Waals surface area contributed by atoms with Crippen molar-refractivity contribution in [2.24, 2.45) is 10.2 Å². The fourth-order valence-electron chi connectivity index (χ4n) is 0.654. The van der Waals surface area contributed by atoms with Gasteiger partial charge in [-0.05, 0) is 0 Å². The highest BCUT2D eigenvalue weighted by atomic mass is 19.1. The topological polar surface area (TPSA) is 70.8 Å². The Hall–Kier alpha value is -1.92. The van der Waals surface area contributed by atoms with Gasteiger partial charge >= 0.3 is 0 Å². The van der Waals surface area contributed by atoms with Crippen LogP contribution in [0.1, 0.15) is 0 Å². The summed E-state index contributed by atoms with van der Waals surface area (Å²) in [6, 6.07) is 0. The minimum atomic E-state index is -0.699. The normalized spacial score (nSPS) is 10.5. The molecule has 0 aliphatic heterocycles. The predicted octanol–water partition coefficient (Wildman–Crippen LogP) is 1.23. The molecule has 1 aromatic heterocycles. The van der Waals surface area contributed by atoms with E-state index in [1.54, 1.807) is 19.0 Å². The maximum atomic E-state index is 13.0. The first-order chi connectivity index (χ1) is 6.63. The monoisotopic (exact) mass is 197 g/mol. The van der Waals surface area contributed by atoms with E-state index >= 15 is 0 Å². The molecular formula is C7H8FN5O. The van der Waals surface area contributed by atoms with Crippen molar-refractivity contribution < 1.29 is 4.39 Å². The molecule has 1 aromatic rings. The summed E-state index contributed by atoms with van der Waals surface area (Å²) in [4.78, 5) is 22.1. The molecule has 0 unspecified atom stereocenters. The largest absolute Gasteiger partial charge is 0.369 e. The summed E-state index contributed by atoms with van der Waals surface area (Å²) >= 11 is 0. The Kier molecular flexibility index (Phi) is 3.16. The number of nitroso groups, excluding NO2 is 1. The van der Waals surface area contributed by atoms with Crippen molar-refractivity contribution >= 4 is 18.1 Å². The first-order valence-electron chi connectivity index (χ1n) is 3.70. The third kappa shape index (κ3) is 2.54. The quantitative estimate of drug-likeness (QED) is 0.415. The molecule has 0 aromatic carbocycles. The standard InChI is InChI=1S/C7H8FN5O/c1-13(2)4-10-6-5(8)3-9-7(11-6)12-14/h3-4H,1-2H3/b10-4+. The SMILES string of the molecule is CN(C)/C=N/c1nc(N=O)ncc1F. The van der Waals surface area contributed by atoms with Crippen LogP contribution in [0.3, 0.4) is 0 Å². The van der Waals surface area contributed by atoms with Crippen LogP contribution in [0.5, 0.6) is 0 Å². The van der Waals surface area contributed by atoms with E-state index < -0.39 is 5.82 Å². The van der Waals surface area contributed by atoms with Gasteiger partial charge in [0.1, 0.15) is 0 Å². The van der Waals surface area contributed by atoms with E-state index in [-0.39, 0.29) is 11.8 Å². The van der Waals surface area contributed by atoms with Crippen molar-refractivity contribution in [2.45, 2.75) is 0 Å². The third-order valence-corrected chi connectivity index (χ3v) is 1.21. The van der Waals surface area contributed by atoms with Crippen LogP contribution in [-0.2, 0) is 0 Å². The lowest BCUT2D eigenvalue weighted by Crippen LogP contribution is -2.07. The second-order valence-corrected chi connectivity index (χ2v) is 2.64. The summed E-state index contributed by atoms with van der Waals surface area (Å²) < 4.78 is 13.0. The number of hydrogen-bond acceptors (Lipinski definition) is 5. The Labute approximate surface area is 79.5 Å². The number of aliphatic imine (C=N–C) groups is 1. The molecule has 0 saturated carbocycles. The van der Waals surface area contributed by atoms with Crippen molar-refractivity contribution in [3.8, 4) is 0 Å². The van der Waals surface area contributed by atoms with E-state index in [1.165, 1.54) is 6.34 Å². The van der Waals surface area contributed by atoms with Gasteiger partial charge in [0.25, 0.3) is 5.95 Å². The van der Waals surface area contributed by atoms with Crippen LogP contribution in [0.2, 0.25) is 0 Å². The number of rotatable bonds is 3. The average Bonchev–Trinajstić information content (AvgIpc) is 2.16. The predicted molar refractivity (Wildman–Crippen MR) is 49.3 cm³/mol. The number of aromatic nitrogens is 2. The minimum Gasteiger partial charge on any atom is -0.369 e. The zero-order valence-corrected chi connectivity index (χ0v) is 7.68. The molecule has 0 aliphatic rings. The second kappa shape index (κ2) is 4.35. The number of nitrogens with zero attached hydrogens (tertiary/aromatic N) is 5. The molecule has 0 N–H and O–H groups in total. The van der Waals surface area contributed by atoms with Gasteiger partial charge in [-0.2, -0.15) is 4.98 Å². The summed E-state index contributed by atoms with van der Waals surface area (Å²) in [7, 11) is 3.45. The lowest BCUT2D eigenvalue weighted by atomic mass is 10.5. The smallest absolute Gasteiger partial charge is 0.293 e. The highest BCUT2D eigenvalue weighted by Gasteiger charge is 2.04. The van der Waals surface area contributed by atoms with Crippen molar-refractivity contribution in [2.75, 3.05) is 14.1 Å². The van der Waals surface area contributed by atoms with Gasteiger partial charge in [0.2, 0.25) is 0 Å². The fraction of sp³-hybridized carbons (Fsp3) is 0.286. The fourth-order valence-corrected chi connectivity index (χ4v) is 0.654. The minimum absolute atomic E-state index is 0.205. The van der Waals surface area contributed by atoms with Gasteiger partial charge in [-0.3, -0.25) is 0 Å². The molecule has 6 nitrogen and oxygen atoms in total. The molecule has 0 spiro atoms. The van der Waals surface area contributed by atoms with Crippen LogP contribution in [0.15, 0.2) is 16.4 Å². The number of hydrogen-bond donors (Lipinski definition) is 0. The maximum Gasteiger partial charge on any atom is 0.293 e. The van der Waals surface area contributed by atoms with Crippen molar-refractivity contribution in [3.05, 3.63) is 16.9 Å². The van der Waals surface area contributed by atoms with Gasteiger partial charge in [-0.1, -0.05) is 0 Å². The molecular weight excluding hydrogens is 189 g/mol. The molecule has 0 atom stereocenters. The molecule has 0 amide bonds. The van der Waals surface area contributed by atoms with Crippen LogP contribution < -0.4 is 0 Å². The second-order valence-electron chi connectivity index (χ2n) is 2.64. The van der Waals surface area contributed by atoms with E-state index in [2.05, 4.69) is 20.1 Å². The summed E-state index contributed by atoms with van der Waals surface area (Å²) in [6.45, 7) is 0. The molecule has 0 fully saturated rings. The number of halogens is 1. The zero-order valence-electron chi connectivity index (χ0n) is 7.68. The zero-order chi connectivity index (χ0) is 10.6. The molecule has 0 radical (unpaired) electrons. The van der Waals surface area contributed by atoms with E-state index in [4.69, 9.17) is 0 Å². The molecule has 74 valence electrons. The Morgan fingerprint density at radius 1 is 1.57 bits per heavy atom. The Bertz CT molecular complexity index is 365. The van der Waals surface area contributed by atoms with E-state index in [0.29, 0.717) is 0 Å². The van der Waals surface area contributed by atoms with Gasteiger partial charge in [-0.15, -0.1) is 4.91 Å². The van der Waals surface area contributed by atoms with Gasteiger partial charge in [0.15, 0.2) is 11.6 Å². The summed E-state index contributed by atoms with van der Waals surface area (Å²) in [6.07, 6.45) is 2.21. The van der Waals surface area contributed by atoms with Gasteiger partial charge in [0.05, 0.1) is 12.5 Å². The van der Waals surface area contributed by atoms with Crippen LogP contribution in [0.25, 0.3) is 0 Å². The van der Waals surface area contributed by atoms with Crippen molar-refractivity contribution in [1.29, 1.82) is 0 Å². The lowest BCUT2D eigenvalue weighted by Gasteiger charge is -2.01. The molecule has 14 heavy (non-hydrogen) atoms. The first-order valence-corrected chi connectivity index (χ1v) is 3.70. The van der Waals surface area contributed by atoms with E-state index in [9.17, 15) is 9.30 Å². The third-order valence-electron chi connectivity index (χ3n) is 1.21. The van der Waals surface area contributed by atoms with E-state index in [0.717, 1.165) is 6.20 Å². The molecule has 1 heterocycles. The van der Waals surface area contributed by atoms with E-state index in [1.807, 2.05) is 0 Å². The molecule has 0 bridgehead atoms. The van der Waals surface area contributed by atoms with Crippen molar-refractivity contribution in [1.82, 2.24) is 14.9 Å². The lowest BCUT2D eigenvalue weighted by molar-refractivity contribution is 0.612. The summed E-state index contributed by atoms with van der Waals surface area (Å²) in [5.41, 5.74) is 0. The first kappa shape index (κ1) is 10.2. The van der Waals surface area contributed by atoms with Gasteiger partial charge < -0.3 is 4.90 Å². The highest BCUT2D eigenvalue weighted by Crippen LogP contribution is 2.15. The maximum absolute atomic E-state index is 13.0. The van der Waals surface area contributed by atoms with Crippen LogP contribution in [0, 0.1) is 10.7 Å². The van der Waals surface area contributed by atoms with Gasteiger partial charge in [-0.25, -0.2) is 14.4 Å². The molecule has 7 heteroatoms. The molecule has 0 saturated heterocycles. The Balaban J connectivity index is 3.00. The van der Waals surface area contributed by atoms with Crippen LogP contribution >= 0.6 is 0 Å². The Morgan fingerprint density at radius 3 is 2.86 bits per heavy atom.